The Hall–Kier alpha value is -1.90. The normalized spacial score (nSPS) is 18.9. The summed E-state index contributed by atoms with van der Waals surface area (Å²) in [4.78, 5) is 9.87. The van der Waals surface area contributed by atoms with Gasteiger partial charge in [0.2, 0.25) is 0 Å². The second kappa shape index (κ2) is 4.83. The zero-order valence-electron chi connectivity index (χ0n) is 12.5. The molecule has 1 fully saturated rings. The highest BCUT2D eigenvalue weighted by Crippen LogP contribution is 2.52. The van der Waals surface area contributed by atoms with Gasteiger partial charge in [-0.1, -0.05) is 30.3 Å². The molecule has 0 atom stereocenters. The highest BCUT2D eigenvalue weighted by atomic mass is 15.0. The lowest BCUT2D eigenvalue weighted by atomic mass is 9.92. The fourth-order valence-electron chi connectivity index (χ4n) is 3.54. The number of anilines is 1. The van der Waals surface area contributed by atoms with Gasteiger partial charge in [-0.15, -0.1) is 0 Å². The Balaban J connectivity index is 1.82. The molecule has 3 nitrogen and oxygen atoms in total. The predicted molar refractivity (Wildman–Crippen MR) is 84.7 cm³/mol. The van der Waals surface area contributed by atoms with Gasteiger partial charge in [0.05, 0.1) is 5.41 Å². The quantitative estimate of drug-likeness (QED) is 0.934. The molecule has 1 aromatic heterocycles. The number of fused-ring (bicyclic) bond motifs is 1. The monoisotopic (exact) mass is 279 g/mol. The van der Waals surface area contributed by atoms with Gasteiger partial charge in [0, 0.05) is 18.3 Å². The average molecular weight is 279 g/mol. The van der Waals surface area contributed by atoms with Crippen LogP contribution in [0.5, 0.6) is 0 Å². The number of aromatic nitrogens is 2. The van der Waals surface area contributed by atoms with Crippen molar-refractivity contribution in [2.24, 2.45) is 0 Å². The van der Waals surface area contributed by atoms with E-state index in [1.54, 1.807) is 0 Å². The van der Waals surface area contributed by atoms with Crippen molar-refractivity contribution in [1.82, 2.24) is 9.97 Å². The van der Waals surface area contributed by atoms with Gasteiger partial charge in [0.1, 0.15) is 11.6 Å². The number of rotatable bonds is 3. The van der Waals surface area contributed by atoms with E-state index in [4.69, 9.17) is 9.97 Å². The molecule has 4 rings (SSSR count). The van der Waals surface area contributed by atoms with Crippen LogP contribution in [-0.2, 0) is 18.3 Å². The van der Waals surface area contributed by atoms with E-state index >= 15 is 0 Å². The summed E-state index contributed by atoms with van der Waals surface area (Å²) in [5.41, 5.74) is 4.05. The van der Waals surface area contributed by atoms with Crippen LogP contribution >= 0.6 is 0 Å². The maximum absolute atomic E-state index is 4.98. The summed E-state index contributed by atoms with van der Waals surface area (Å²) in [5, 5.41) is 3.30. The number of hydrogen-bond acceptors (Lipinski definition) is 3. The first kappa shape index (κ1) is 12.8. The predicted octanol–water partition coefficient (Wildman–Crippen LogP) is 3.48. The lowest BCUT2D eigenvalue weighted by Gasteiger charge is -2.22. The van der Waals surface area contributed by atoms with Crippen LogP contribution in [0.25, 0.3) is 0 Å². The maximum Gasteiger partial charge on any atom is 0.141 e. The third-order valence-corrected chi connectivity index (χ3v) is 4.92. The summed E-state index contributed by atoms with van der Waals surface area (Å²) in [6, 6.07) is 10.7. The van der Waals surface area contributed by atoms with Crippen molar-refractivity contribution in [2.75, 3.05) is 12.4 Å². The molecule has 2 aromatic rings. The fraction of sp³-hybridized carbons (Fsp3) is 0.444. The van der Waals surface area contributed by atoms with Crippen molar-refractivity contribution < 1.29 is 0 Å². The minimum absolute atomic E-state index is 0.0688. The van der Waals surface area contributed by atoms with Crippen LogP contribution < -0.4 is 5.32 Å². The van der Waals surface area contributed by atoms with E-state index in [2.05, 4.69) is 35.6 Å². The molecule has 0 bridgehead atoms. The highest BCUT2D eigenvalue weighted by Gasteiger charge is 2.49. The number of nitrogens with zero attached hydrogens (tertiary/aromatic N) is 2. The molecule has 0 spiro atoms. The second-order valence-electron chi connectivity index (χ2n) is 6.23. The summed E-state index contributed by atoms with van der Waals surface area (Å²) in [6.07, 6.45) is 7.06. The standard InChI is InChI=1S/C18H21N3/c1-19-16-14-9-5-6-10-15(14)20-17(21-16)18(11-12-18)13-7-3-2-4-8-13/h2-4,7-8H,5-6,9-12H2,1H3,(H,19,20,21). The van der Waals surface area contributed by atoms with Crippen LogP contribution in [0, 0.1) is 0 Å². The number of aryl methyl sites for hydroxylation is 1. The number of benzene rings is 1. The first-order valence-corrected chi connectivity index (χ1v) is 7.97. The third-order valence-electron chi connectivity index (χ3n) is 4.92. The minimum Gasteiger partial charge on any atom is -0.373 e. The van der Waals surface area contributed by atoms with Crippen molar-refractivity contribution in [2.45, 2.75) is 43.9 Å². The van der Waals surface area contributed by atoms with Gasteiger partial charge in [0.15, 0.2) is 0 Å². The lowest BCUT2D eigenvalue weighted by Crippen LogP contribution is -2.19. The van der Waals surface area contributed by atoms with E-state index in [1.807, 2.05) is 7.05 Å². The van der Waals surface area contributed by atoms with Crippen molar-refractivity contribution >= 4 is 5.82 Å². The molecule has 0 aliphatic heterocycles. The smallest absolute Gasteiger partial charge is 0.141 e. The summed E-state index contributed by atoms with van der Waals surface area (Å²) >= 11 is 0. The summed E-state index contributed by atoms with van der Waals surface area (Å²) in [7, 11) is 1.98. The molecule has 0 unspecified atom stereocenters. The molecule has 108 valence electrons. The van der Waals surface area contributed by atoms with Crippen LogP contribution in [0.1, 0.15) is 48.3 Å². The number of hydrogen-bond donors (Lipinski definition) is 1. The Morgan fingerprint density at radius 2 is 1.76 bits per heavy atom. The number of nitrogens with one attached hydrogen (secondary N) is 1. The van der Waals surface area contributed by atoms with Crippen molar-refractivity contribution in [3.05, 3.63) is 53.0 Å². The van der Waals surface area contributed by atoms with Crippen molar-refractivity contribution in [1.29, 1.82) is 0 Å². The molecule has 1 N–H and O–H groups in total. The van der Waals surface area contributed by atoms with Gasteiger partial charge in [-0.25, -0.2) is 9.97 Å². The molecular formula is C18H21N3. The van der Waals surface area contributed by atoms with E-state index in [0.717, 1.165) is 24.5 Å². The van der Waals surface area contributed by atoms with Gasteiger partial charge in [0.25, 0.3) is 0 Å². The molecule has 0 saturated heterocycles. The van der Waals surface area contributed by atoms with Crippen molar-refractivity contribution in [3.63, 3.8) is 0 Å². The Morgan fingerprint density at radius 1 is 1.00 bits per heavy atom. The van der Waals surface area contributed by atoms with Crippen LogP contribution in [0.4, 0.5) is 5.82 Å². The molecule has 0 amide bonds. The summed E-state index contributed by atoms with van der Waals surface area (Å²) in [5.74, 6) is 2.08. The second-order valence-corrected chi connectivity index (χ2v) is 6.23. The Labute approximate surface area is 125 Å². The summed E-state index contributed by atoms with van der Waals surface area (Å²) in [6.45, 7) is 0. The third kappa shape index (κ3) is 2.03. The SMILES string of the molecule is CNc1nc(C2(c3ccccc3)CC2)nc2c1CCCC2. The first-order chi connectivity index (χ1) is 10.3. The van der Waals surface area contributed by atoms with E-state index in [-0.39, 0.29) is 5.41 Å². The van der Waals surface area contributed by atoms with Gasteiger partial charge in [-0.3, -0.25) is 0 Å². The van der Waals surface area contributed by atoms with E-state index in [0.29, 0.717) is 0 Å². The molecule has 3 heteroatoms. The highest BCUT2D eigenvalue weighted by molar-refractivity contribution is 5.50. The molecule has 1 aromatic carbocycles. The average Bonchev–Trinajstić information content (AvgIpc) is 3.36. The molecule has 1 heterocycles. The zero-order chi connectivity index (χ0) is 14.3. The molecule has 2 aliphatic carbocycles. The van der Waals surface area contributed by atoms with Gasteiger partial charge < -0.3 is 5.32 Å². The molecular weight excluding hydrogens is 258 g/mol. The van der Waals surface area contributed by atoms with Crippen LogP contribution in [0.2, 0.25) is 0 Å². The van der Waals surface area contributed by atoms with Gasteiger partial charge in [-0.2, -0.15) is 0 Å². The Bertz CT molecular complexity index is 642. The van der Waals surface area contributed by atoms with E-state index in [1.165, 1.54) is 42.5 Å². The van der Waals surface area contributed by atoms with Crippen LogP contribution in [0.3, 0.4) is 0 Å². The topological polar surface area (TPSA) is 37.8 Å². The molecule has 2 aliphatic rings. The minimum atomic E-state index is 0.0688. The summed E-state index contributed by atoms with van der Waals surface area (Å²) < 4.78 is 0. The van der Waals surface area contributed by atoms with Gasteiger partial charge in [-0.05, 0) is 44.1 Å². The Morgan fingerprint density at radius 3 is 2.48 bits per heavy atom. The maximum atomic E-state index is 4.98. The fourth-order valence-corrected chi connectivity index (χ4v) is 3.54. The largest absolute Gasteiger partial charge is 0.373 e. The van der Waals surface area contributed by atoms with Crippen molar-refractivity contribution in [3.8, 4) is 0 Å². The van der Waals surface area contributed by atoms with E-state index < -0.39 is 0 Å². The molecule has 21 heavy (non-hydrogen) atoms. The van der Waals surface area contributed by atoms with Crippen LogP contribution in [-0.4, -0.2) is 17.0 Å². The Kier molecular flexibility index (Phi) is 2.95. The van der Waals surface area contributed by atoms with E-state index in [9.17, 15) is 0 Å². The lowest BCUT2D eigenvalue weighted by molar-refractivity contribution is 0.642. The zero-order valence-corrected chi connectivity index (χ0v) is 12.5. The first-order valence-electron chi connectivity index (χ1n) is 7.97. The van der Waals surface area contributed by atoms with Crippen LogP contribution in [0.15, 0.2) is 30.3 Å². The molecule has 0 radical (unpaired) electrons. The molecule has 1 saturated carbocycles. The van der Waals surface area contributed by atoms with Gasteiger partial charge >= 0.3 is 0 Å².